The number of hydrogen-bond donors (Lipinski definition) is 1. The Morgan fingerprint density at radius 3 is 2.52 bits per heavy atom. The topological polar surface area (TPSA) is 50.8 Å². The Morgan fingerprint density at radius 1 is 1.11 bits per heavy atom. The van der Waals surface area contributed by atoms with Crippen molar-refractivity contribution < 1.29 is 14.3 Å². The lowest BCUT2D eigenvalue weighted by Crippen LogP contribution is -2.36. The van der Waals surface area contributed by atoms with Gasteiger partial charge in [-0.3, -0.25) is 4.79 Å². The first-order chi connectivity index (χ1) is 12.9. The minimum Gasteiger partial charge on any atom is -0.479 e. The first-order valence-electron chi connectivity index (χ1n) is 8.49. The molecule has 1 aliphatic heterocycles. The highest BCUT2D eigenvalue weighted by Gasteiger charge is 2.18. The van der Waals surface area contributed by atoms with Crippen molar-refractivity contribution in [1.82, 2.24) is 0 Å². The van der Waals surface area contributed by atoms with E-state index in [0.717, 1.165) is 18.8 Å². The SMILES string of the molecule is C[C@H](Oc1ccc(Cl)cc1Cl)C(=O)Nc1ccc(N2CCOCC2)c(Cl)c1. The predicted molar refractivity (Wildman–Crippen MR) is 110 cm³/mol. The summed E-state index contributed by atoms with van der Waals surface area (Å²) >= 11 is 18.3. The molecule has 2 aromatic rings. The smallest absolute Gasteiger partial charge is 0.265 e. The predicted octanol–water partition coefficient (Wildman–Crippen LogP) is 4.89. The van der Waals surface area contributed by atoms with Gasteiger partial charge in [0.05, 0.1) is 28.9 Å². The molecule has 0 bridgehead atoms. The number of ether oxygens (including phenoxy) is 2. The Hall–Kier alpha value is -1.66. The van der Waals surface area contributed by atoms with Gasteiger partial charge in [-0.25, -0.2) is 0 Å². The van der Waals surface area contributed by atoms with Gasteiger partial charge in [-0.15, -0.1) is 0 Å². The highest BCUT2D eigenvalue weighted by Crippen LogP contribution is 2.30. The molecule has 1 fully saturated rings. The molecule has 0 unspecified atom stereocenters. The van der Waals surface area contributed by atoms with Crippen LogP contribution in [0.15, 0.2) is 36.4 Å². The summed E-state index contributed by atoms with van der Waals surface area (Å²) in [5, 5.41) is 4.22. The normalized spacial score (nSPS) is 15.3. The Bertz CT molecular complexity index is 826. The minimum absolute atomic E-state index is 0.309. The van der Waals surface area contributed by atoms with Crippen molar-refractivity contribution in [1.29, 1.82) is 0 Å². The van der Waals surface area contributed by atoms with Gasteiger partial charge in [0.1, 0.15) is 5.75 Å². The Kier molecular flexibility index (Phi) is 6.71. The van der Waals surface area contributed by atoms with Crippen molar-refractivity contribution in [3.63, 3.8) is 0 Å². The van der Waals surface area contributed by atoms with Gasteiger partial charge in [-0.1, -0.05) is 34.8 Å². The van der Waals surface area contributed by atoms with Crippen molar-refractivity contribution in [2.24, 2.45) is 0 Å². The summed E-state index contributed by atoms with van der Waals surface area (Å²) in [5.74, 6) is 0.0839. The minimum atomic E-state index is -0.749. The largest absolute Gasteiger partial charge is 0.479 e. The van der Waals surface area contributed by atoms with Crippen LogP contribution in [0.2, 0.25) is 15.1 Å². The summed E-state index contributed by atoms with van der Waals surface area (Å²) in [6.07, 6.45) is -0.749. The van der Waals surface area contributed by atoms with Crippen LogP contribution in [-0.4, -0.2) is 38.3 Å². The molecular weight excluding hydrogens is 411 g/mol. The summed E-state index contributed by atoms with van der Waals surface area (Å²) in [6, 6.07) is 10.3. The van der Waals surface area contributed by atoms with Gasteiger partial charge >= 0.3 is 0 Å². The highest BCUT2D eigenvalue weighted by molar-refractivity contribution is 6.35. The molecule has 1 aliphatic rings. The second kappa shape index (κ2) is 9.02. The summed E-state index contributed by atoms with van der Waals surface area (Å²) in [5.41, 5.74) is 1.52. The molecule has 1 N–H and O–H groups in total. The number of benzene rings is 2. The number of hydrogen-bond acceptors (Lipinski definition) is 4. The van der Waals surface area contributed by atoms with Gasteiger partial charge in [-0.05, 0) is 43.3 Å². The van der Waals surface area contributed by atoms with E-state index in [4.69, 9.17) is 44.3 Å². The maximum atomic E-state index is 12.4. The zero-order valence-corrected chi connectivity index (χ0v) is 16.9. The molecule has 8 heteroatoms. The Balaban J connectivity index is 1.63. The van der Waals surface area contributed by atoms with Gasteiger partial charge < -0.3 is 19.7 Å². The lowest BCUT2D eigenvalue weighted by atomic mass is 10.2. The molecule has 27 heavy (non-hydrogen) atoms. The van der Waals surface area contributed by atoms with Crippen molar-refractivity contribution in [2.75, 3.05) is 36.5 Å². The fourth-order valence-electron chi connectivity index (χ4n) is 2.70. The van der Waals surface area contributed by atoms with Crippen LogP contribution in [0.5, 0.6) is 5.75 Å². The number of morpholine rings is 1. The van der Waals surface area contributed by atoms with E-state index < -0.39 is 6.10 Å². The molecule has 0 spiro atoms. The van der Waals surface area contributed by atoms with Crippen molar-refractivity contribution in [3.05, 3.63) is 51.5 Å². The van der Waals surface area contributed by atoms with E-state index in [0.29, 0.717) is 39.7 Å². The molecular formula is C19H19Cl3N2O3. The molecule has 144 valence electrons. The van der Waals surface area contributed by atoms with Crippen LogP contribution >= 0.6 is 34.8 Å². The van der Waals surface area contributed by atoms with E-state index in [1.165, 1.54) is 0 Å². The highest BCUT2D eigenvalue weighted by atomic mass is 35.5. The Morgan fingerprint density at radius 2 is 1.85 bits per heavy atom. The van der Waals surface area contributed by atoms with Gasteiger partial charge in [0.15, 0.2) is 6.10 Å². The zero-order valence-electron chi connectivity index (χ0n) is 14.7. The number of carbonyl (C=O) groups excluding carboxylic acids is 1. The average Bonchev–Trinajstić information content (AvgIpc) is 2.64. The number of carbonyl (C=O) groups is 1. The van der Waals surface area contributed by atoms with E-state index in [2.05, 4.69) is 10.2 Å². The van der Waals surface area contributed by atoms with Crippen LogP contribution in [0.25, 0.3) is 0 Å². The fraction of sp³-hybridized carbons (Fsp3) is 0.316. The van der Waals surface area contributed by atoms with E-state index in [1.807, 2.05) is 12.1 Å². The molecule has 2 aromatic carbocycles. The number of halogens is 3. The molecule has 1 heterocycles. The van der Waals surface area contributed by atoms with Gasteiger partial charge in [0, 0.05) is 23.8 Å². The summed E-state index contributed by atoms with van der Waals surface area (Å²) in [6.45, 7) is 4.58. The van der Waals surface area contributed by atoms with Crippen LogP contribution in [-0.2, 0) is 9.53 Å². The second-order valence-electron chi connectivity index (χ2n) is 6.09. The molecule has 1 atom stereocenters. The molecule has 0 aromatic heterocycles. The van der Waals surface area contributed by atoms with Crippen LogP contribution in [0.4, 0.5) is 11.4 Å². The lowest BCUT2D eigenvalue weighted by Gasteiger charge is -2.29. The number of amides is 1. The van der Waals surface area contributed by atoms with E-state index in [1.54, 1.807) is 31.2 Å². The van der Waals surface area contributed by atoms with Crippen LogP contribution in [0, 0.1) is 0 Å². The third kappa shape index (κ3) is 5.20. The zero-order chi connectivity index (χ0) is 19.4. The molecule has 1 amide bonds. The maximum absolute atomic E-state index is 12.4. The molecule has 0 saturated carbocycles. The summed E-state index contributed by atoms with van der Waals surface area (Å²) < 4.78 is 11.0. The average molecular weight is 430 g/mol. The first kappa shape index (κ1) is 20.1. The third-order valence-electron chi connectivity index (χ3n) is 4.13. The van der Waals surface area contributed by atoms with Crippen molar-refractivity contribution >= 4 is 52.1 Å². The number of anilines is 2. The Labute approximate surface area is 173 Å². The summed E-state index contributed by atoms with van der Waals surface area (Å²) in [4.78, 5) is 14.6. The van der Waals surface area contributed by atoms with Gasteiger partial charge in [0.25, 0.3) is 5.91 Å². The first-order valence-corrected chi connectivity index (χ1v) is 9.62. The van der Waals surface area contributed by atoms with Crippen LogP contribution in [0.1, 0.15) is 6.92 Å². The van der Waals surface area contributed by atoms with Crippen LogP contribution in [0.3, 0.4) is 0 Å². The number of nitrogens with one attached hydrogen (secondary N) is 1. The number of rotatable bonds is 5. The molecule has 3 rings (SSSR count). The fourth-order valence-corrected chi connectivity index (χ4v) is 3.46. The van der Waals surface area contributed by atoms with E-state index in [-0.39, 0.29) is 5.91 Å². The quantitative estimate of drug-likeness (QED) is 0.735. The van der Waals surface area contributed by atoms with Gasteiger partial charge in [-0.2, -0.15) is 0 Å². The van der Waals surface area contributed by atoms with E-state index in [9.17, 15) is 4.79 Å². The third-order valence-corrected chi connectivity index (χ3v) is 4.97. The standard InChI is InChI=1S/C19H19Cl3N2O3/c1-12(27-18-5-2-13(20)10-16(18)22)19(25)23-14-3-4-17(15(21)11-14)24-6-8-26-9-7-24/h2-5,10-12H,6-9H2,1H3,(H,23,25)/t12-/m0/s1. The molecule has 0 aliphatic carbocycles. The van der Waals surface area contributed by atoms with Gasteiger partial charge in [0.2, 0.25) is 0 Å². The maximum Gasteiger partial charge on any atom is 0.265 e. The monoisotopic (exact) mass is 428 g/mol. The molecule has 1 saturated heterocycles. The molecule has 5 nitrogen and oxygen atoms in total. The van der Waals surface area contributed by atoms with E-state index >= 15 is 0 Å². The van der Waals surface area contributed by atoms with Crippen molar-refractivity contribution in [3.8, 4) is 5.75 Å². The second-order valence-corrected chi connectivity index (χ2v) is 7.34. The molecule has 0 radical (unpaired) electrons. The number of nitrogens with zero attached hydrogens (tertiary/aromatic N) is 1. The lowest BCUT2D eigenvalue weighted by molar-refractivity contribution is -0.122. The van der Waals surface area contributed by atoms with Crippen LogP contribution < -0.4 is 15.0 Å². The van der Waals surface area contributed by atoms with Crippen molar-refractivity contribution in [2.45, 2.75) is 13.0 Å². The summed E-state index contributed by atoms with van der Waals surface area (Å²) in [7, 11) is 0.